The molecular formula is C21H31BN4O3. The van der Waals surface area contributed by atoms with Gasteiger partial charge in [0.1, 0.15) is 0 Å². The van der Waals surface area contributed by atoms with Crippen LogP contribution in [0.25, 0.3) is 0 Å². The largest absolute Gasteiger partial charge is 0.494 e. The summed E-state index contributed by atoms with van der Waals surface area (Å²) in [7, 11) is -0.310. The fourth-order valence-electron chi connectivity index (χ4n) is 3.88. The molecular weight excluding hydrogens is 367 g/mol. The highest BCUT2D eigenvalue weighted by molar-refractivity contribution is 6.62. The lowest BCUT2D eigenvalue weighted by Crippen LogP contribution is -2.51. The minimum absolute atomic E-state index is 0.310. The van der Waals surface area contributed by atoms with E-state index < -0.39 is 0 Å². The number of anilines is 1. The molecule has 29 heavy (non-hydrogen) atoms. The van der Waals surface area contributed by atoms with Crippen LogP contribution in [0.3, 0.4) is 0 Å². The molecule has 0 radical (unpaired) electrons. The highest BCUT2D eigenvalue weighted by atomic mass is 16.7. The van der Waals surface area contributed by atoms with Gasteiger partial charge in [-0.25, -0.2) is 0 Å². The molecule has 2 aromatic rings. The fourth-order valence-corrected chi connectivity index (χ4v) is 3.88. The smallest absolute Gasteiger partial charge is 0.408 e. The topological polar surface area (TPSA) is 63.9 Å². The molecule has 8 heteroatoms. The molecule has 7 nitrogen and oxygen atoms in total. The van der Waals surface area contributed by atoms with Crippen molar-refractivity contribution in [1.29, 1.82) is 0 Å². The quantitative estimate of drug-likeness (QED) is 0.733. The van der Waals surface area contributed by atoms with E-state index >= 15 is 0 Å². The fraction of sp³-hybridized carbons (Fsp3) is 0.619. The molecule has 0 aliphatic carbocycles. The standard InChI is InChI=1S/C21H31BN4O3/c1-15-13-25(11-12-26(15)19-24-23-16(2)27-19)14-17-7-9-18(10-8-17)22-28-20(3,4)21(5,6)29-22/h7-10,15H,11-14H2,1-6H3. The van der Waals surface area contributed by atoms with E-state index in [0.29, 0.717) is 17.9 Å². The van der Waals surface area contributed by atoms with Gasteiger partial charge < -0.3 is 18.6 Å². The molecule has 0 spiro atoms. The van der Waals surface area contributed by atoms with E-state index in [1.54, 1.807) is 0 Å². The second-order valence-corrected chi connectivity index (χ2v) is 9.21. The Kier molecular flexibility index (Phi) is 5.21. The van der Waals surface area contributed by atoms with Gasteiger partial charge in [0, 0.05) is 39.1 Å². The van der Waals surface area contributed by atoms with Crippen LogP contribution >= 0.6 is 0 Å². The molecule has 1 unspecified atom stereocenters. The number of rotatable bonds is 4. The Morgan fingerprint density at radius 2 is 1.69 bits per heavy atom. The molecule has 0 saturated carbocycles. The molecule has 0 bridgehead atoms. The molecule has 1 aromatic carbocycles. The van der Waals surface area contributed by atoms with Crippen LogP contribution in [0.15, 0.2) is 28.7 Å². The lowest BCUT2D eigenvalue weighted by Gasteiger charge is -2.38. The monoisotopic (exact) mass is 398 g/mol. The van der Waals surface area contributed by atoms with Crippen LogP contribution in [-0.2, 0) is 15.9 Å². The number of nitrogens with zero attached hydrogens (tertiary/aromatic N) is 4. The first-order valence-corrected chi connectivity index (χ1v) is 10.4. The average molecular weight is 398 g/mol. The highest BCUT2D eigenvalue weighted by Crippen LogP contribution is 2.36. The summed E-state index contributed by atoms with van der Waals surface area (Å²) in [4.78, 5) is 4.66. The SMILES string of the molecule is Cc1nnc(N2CCN(Cc3ccc(B4OC(C)(C)C(C)(C)O4)cc3)CC2C)o1. The Balaban J connectivity index is 1.35. The second-order valence-electron chi connectivity index (χ2n) is 9.21. The van der Waals surface area contributed by atoms with Gasteiger partial charge in [0.05, 0.1) is 11.2 Å². The minimum atomic E-state index is -0.316. The third kappa shape index (κ3) is 4.06. The number of hydrogen-bond acceptors (Lipinski definition) is 7. The third-order valence-corrected chi connectivity index (χ3v) is 6.38. The molecule has 156 valence electrons. The van der Waals surface area contributed by atoms with Gasteiger partial charge >= 0.3 is 13.1 Å². The molecule has 2 aliphatic heterocycles. The lowest BCUT2D eigenvalue weighted by atomic mass is 9.79. The van der Waals surface area contributed by atoms with Crippen LogP contribution in [0.2, 0.25) is 0 Å². The summed E-state index contributed by atoms with van der Waals surface area (Å²) in [5.41, 5.74) is 1.73. The molecule has 4 rings (SSSR count). The Bertz CT molecular complexity index is 836. The normalized spacial score (nSPS) is 24.3. The summed E-state index contributed by atoms with van der Waals surface area (Å²) in [5, 5.41) is 8.11. The van der Waals surface area contributed by atoms with E-state index in [9.17, 15) is 0 Å². The second kappa shape index (κ2) is 7.41. The molecule has 0 N–H and O–H groups in total. The Hall–Kier alpha value is -1.90. The number of aryl methyl sites for hydroxylation is 1. The van der Waals surface area contributed by atoms with Crippen molar-refractivity contribution in [2.45, 2.75) is 65.3 Å². The third-order valence-electron chi connectivity index (χ3n) is 6.38. The van der Waals surface area contributed by atoms with E-state index in [1.165, 1.54) is 5.56 Å². The van der Waals surface area contributed by atoms with Gasteiger partial charge in [-0.05, 0) is 45.6 Å². The highest BCUT2D eigenvalue weighted by Gasteiger charge is 2.51. The maximum atomic E-state index is 6.15. The van der Waals surface area contributed by atoms with Gasteiger partial charge in [0.2, 0.25) is 5.89 Å². The number of hydrogen-bond donors (Lipinski definition) is 0. The van der Waals surface area contributed by atoms with Gasteiger partial charge in [-0.1, -0.05) is 29.4 Å². The zero-order chi connectivity index (χ0) is 20.8. The summed E-state index contributed by atoms with van der Waals surface area (Å²) in [6.07, 6.45) is 0. The maximum absolute atomic E-state index is 6.15. The van der Waals surface area contributed by atoms with Crippen molar-refractivity contribution in [1.82, 2.24) is 15.1 Å². The van der Waals surface area contributed by atoms with E-state index in [1.807, 2.05) is 6.92 Å². The summed E-state index contributed by atoms with van der Waals surface area (Å²) in [5.74, 6) is 0.608. The van der Waals surface area contributed by atoms with Gasteiger partial charge in [0.15, 0.2) is 0 Å². The maximum Gasteiger partial charge on any atom is 0.494 e. The van der Waals surface area contributed by atoms with Gasteiger partial charge in [0.25, 0.3) is 0 Å². The summed E-state index contributed by atoms with van der Waals surface area (Å²) >= 11 is 0. The Labute approximate surface area is 173 Å². The zero-order valence-electron chi connectivity index (χ0n) is 18.3. The molecule has 1 aromatic heterocycles. The van der Waals surface area contributed by atoms with Gasteiger partial charge in [-0.15, -0.1) is 5.10 Å². The molecule has 2 saturated heterocycles. The molecule has 2 aliphatic rings. The van der Waals surface area contributed by atoms with E-state index in [2.05, 4.69) is 78.9 Å². The van der Waals surface area contributed by atoms with Crippen molar-refractivity contribution in [3.05, 3.63) is 35.7 Å². The Morgan fingerprint density at radius 3 is 2.24 bits per heavy atom. The van der Waals surface area contributed by atoms with E-state index in [0.717, 1.165) is 31.6 Å². The van der Waals surface area contributed by atoms with Crippen molar-refractivity contribution < 1.29 is 13.7 Å². The van der Waals surface area contributed by atoms with E-state index in [-0.39, 0.29) is 18.3 Å². The van der Waals surface area contributed by atoms with Crippen molar-refractivity contribution in [3.63, 3.8) is 0 Å². The van der Waals surface area contributed by atoms with Crippen LogP contribution in [-0.4, -0.2) is 59.1 Å². The first kappa shape index (κ1) is 20.4. The molecule has 0 amide bonds. The predicted molar refractivity (Wildman–Crippen MR) is 113 cm³/mol. The van der Waals surface area contributed by atoms with Crippen LogP contribution in [0.5, 0.6) is 0 Å². The van der Waals surface area contributed by atoms with Crippen LogP contribution < -0.4 is 10.4 Å². The molecule has 3 heterocycles. The van der Waals surface area contributed by atoms with Crippen molar-refractivity contribution in [2.75, 3.05) is 24.5 Å². The first-order valence-electron chi connectivity index (χ1n) is 10.4. The van der Waals surface area contributed by atoms with E-state index in [4.69, 9.17) is 13.7 Å². The Morgan fingerprint density at radius 1 is 1.03 bits per heavy atom. The average Bonchev–Trinajstić information content (AvgIpc) is 3.16. The lowest BCUT2D eigenvalue weighted by molar-refractivity contribution is 0.00578. The number of benzene rings is 1. The van der Waals surface area contributed by atoms with Gasteiger partial charge in [-0.2, -0.15) is 0 Å². The first-order chi connectivity index (χ1) is 13.6. The van der Waals surface area contributed by atoms with Crippen molar-refractivity contribution in [2.24, 2.45) is 0 Å². The van der Waals surface area contributed by atoms with Crippen LogP contribution in [0.1, 0.15) is 46.1 Å². The summed E-state index contributed by atoms with van der Waals surface area (Å²) in [6, 6.07) is 9.56. The van der Waals surface area contributed by atoms with Crippen molar-refractivity contribution >= 4 is 18.6 Å². The molecule has 1 atom stereocenters. The van der Waals surface area contributed by atoms with Crippen molar-refractivity contribution in [3.8, 4) is 0 Å². The number of piperazine rings is 1. The molecule has 2 fully saturated rings. The summed E-state index contributed by atoms with van der Waals surface area (Å²) in [6.45, 7) is 16.1. The summed E-state index contributed by atoms with van der Waals surface area (Å²) < 4.78 is 17.9. The minimum Gasteiger partial charge on any atom is -0.408 e. The predicted octanol–water partition coefficient (Wildman–Crippen LogP) is 2.39. The zero-order valence-corrected chi connectivity index (χ0v) is 18.3. The van der Waals surface area contributed by atoms with Crippen LogP contribution in [0, 0.1) is 6.92 Å². The van der Waals surface area contributed by atoms with Gasteiger partial charge in [-0.3, -0.25) is 4.90 Å². The number of aromatic nitrogens is 2. The van der Waals surface area contributed by atoms with Crippen LogP contribution in [0.4, 0.5) is 6.01 Å².